The molecule has 1 aromatic rings. The molecular weight excluding hydrogens is 273 g/mol. The number of phenolic OH excluding ortho intramolecular Hbond substituents is 1. The van der Waals surface area contributed by atoms with Crippen molar-refractivity contribution in [2.75, 3.05) is 13.1 Å². The number of nitrogens with zero attached hydrogens (tertiary/aromatic N) is 1. The lowest BCUT2D eigenvalue weighted by atomic mass is 9.77. The predicted molar refractivity (Wildman–Crippen MR) is 77.6 cm³/mol. The normalized spacial score (nSPS) is 24.7. The Kier molecular flexibility index (Phi) is 4.52. The van der Waals surface area contributed by atoms with E-state index in [1.54, 1.807) is 0 Å². The fourth-order valence-electron chi connectivity index (χ4n) is 3.17. The molecule has 2 unspecified atom stereocenters. The molecule has 2 atom stereocenters. The average Bonchev–Trinajstić information content (AvgIpc) is 2.48. The Labute approximate surface area is 124 Å². The van der Waals surface area contributed by atoms with Gasteiger partial charge >= 0.3 is 5.97 Å². The number of rotatable bonds is 4. The lowest BCUT2D eigenvalue weighted by molar-refractivity contribution is -0.153. The first-order valence-electron chi connectivity index (χ1n) is 7.35. The van der Waals surface area contributed by atoms with Gasteiger partial charge in [0.15, 0.2) is 0 Å². The van der Waals surface area contributed by atoms with Crippen molar-refractivity contribution in [3.05, 3.63) is 29.6 Å². The SMILES string of the molecule is CCC1(C(=O)O)CCCN(C(C)c2cc(F)ccc2O)C1. The van der Waals surface area contributed by atoms with E-state index in [1.165, 1.54) is 18.2 Å². The van der Waals surface area contributed by atoms with Crippen LogP contribution in [0.1, 0.15) is 44.7 Å². The van der Waals surface area contributed by atoms with Crippen molar-refractivity contribution in [3.63, 3.8) is 0 Å². The molecule has 116 valence electrons. The van der Waals surface area contributed by atoms with E-state index in [1.807, 2.05) is 18.7 Å². The summed E-state index contributed by atoms with van der Waals surface area (Å²) in [7, 11) is 0. The van der Waals surface area contributed by atoms with Gasteiger partial charge in [-0.1, -0.05) is 6.92 Å². The molecule has 4 nitrogen and oxygen atoms in total. The number of carbonyl (C=O) groups is 1. The molecule has 0 aliphatic carbocycles. The maximum Gasteiger partial charge on any atom is 0.310 e. The van der Waals surface area contributed by atoms with Crippen molar-refractivity contribution >= 4 is 5.97 Å². The number of phenols is 1. The largest absolute Gasteiger partial charge is 0.508 e. The third-order valence-corrected chi connectivity index (χ3v) is 4.72. The monoisotopic (exact) mass is 295 g/mol. The highest BCUT2D eigenvalue weighted by Gasteiger charge is 2.42. The highest BCUT2D eigenvalue weighted by Crippen LogP contribution is 2.38. The van der Waals surface area contributed by atoms with Crippen LogP contribution in [0.2, 0.25) is 0 Å². The Hall–Kier alpha value is -1.62. The molecule has 0 saturated carbocycles. The molecule has 2 N–H and O–H groups in total. The van der Waals surface area contributed by atoms with Crippen molar-refractivity contribution in [1.82, 2.24) is 4.90 Å². The van der Waals surface area contributed by atoms with Crippen LogP contribution in [0, 0.1) is 11.2 Å². The minimum atomic E-state index is -0.773. The lowest BCUT2D eigenvalue weighted by Crippen LogP contribution is -2.48. The van der Waals surface area contributed by atoms with E-state index in [4.69, 9.17) is 0 Å². The Bertz CT molecular complexity index is 534. The van der Waals surface area contributed by atoms with Crippen LogP contribution in [0.4, 0.5) is 4.39 Å². The number of carboxylic acid groups (broad SMARTS) is 1. The first-order chi connectivity index (χ1) is 9.89. The zero-order valence-corrected chi connectivity index (χ0v) is 12.5. The number of hydrogen-bond acceptors (Lipinski definition) is 3. The molecule has 0 radical (unpaired) electrons. The van der Waals surface area contributed by atoms with Crippen LogP contribution in [0.3, 0.4) is 0 Å². The molecule has 5 heteroatoms. The molecule has 1 fully saturated rings. The van der Waals surface area contributed by atoms with Crippen LogP contribution in [0.5, 0.6) is 5.75 Å². The summed E-state index contributed by atoms with van der Waals surface area (Å²) >= 11 is 0. The van der Waals surface area contributed by atoms with Gasteiger partial charge in [0.2, 0.25) is 0 Å². The summed E-state index contributed by atoms with van der Waals surface area (Å²) in [6, 6.07) is 3.67. The van der Waals surface area contributed by atoms with E-state index < -0.39 is 17.2 Å². The summed E-state index contributed by atoms with van der Waals surface area (Å²) in [5.74, 6) is -1.12. The van der Waals surface area contributed by atoms with E-state index >= 15 is 0 Å². The van der Waals surface area contributed by atoms with Gasteiger partial charge < -0.3 is 10.2 Å². The molecule has 21 heavy (non-hydrogen) atoms. The third kappa shape index (κ3) is 3.02. The van der Waals surface area contributed by atoms with Gasteiger partial charge in [0.1, 0.15) is 11.6 Å². The number of hydrogen-bond donors (Lipinski definition) is 2. The van der Waals surface area contributed by atoms with Gasteiger partial charge in [0.25, 0.3) is 0 Å². The van der Waals surface area contributed by atoms with Crippen molar-refractivity contribution in [3.8, 4) is 5.75 Å². The van der Waals surface area contributed by atoms with Crippen LogP contribution < -0.4 is 0 Å². The minimum Gasteiger partial charge on any atom is -0.508 e. The molecule has 0 spiro atoms. The van der Waals surface area contributed by atoms with Crippen LogP contribution in [0.25, 0.3) is 0 Å². The topological polar surface area (TPSA) is 60.8 Å². The fraction of sp³-hybridized carbons (Fsp3) is 0.562. The maximum absolute atomic E-state index is 13.4. The van der Waals surface area contributed by atoms with Gasteiger partial charge in [-0.3, -0.25) is 9.69 Å². The molecule has 0 amide bonds. The van der Waals surface area contributed by atoms with Gasteiger partial charge in [-0.25, -0.2) is 4.39 Å². The van der Waals surface area contributed by atoms with Crippen LogP contribution in [0.15, 0.2) is 18.2 Å². The van der Waals surface area contributed by atoms with E-state index in [0.717, 1.165) is 13.0 Å². The summed E-state index contributed by atoms with van der Waals surface area (Å²) in [5.41, 5.74) is -0.234. The zero-order chi connectivity index (χ0) is 15.6. The summed E-state index contributed by atoms with van der Waals surface area (Å²) in [6.45, 7) is 4.95. The van der Waals surface area contributed by atoms with E-state index in [0.29, 0.717) is 24.9 Å². The Morgan fingerprint density at radius 3 is 2.86 bits per heavy atom. The number of halogens is 1. The average molecular weight is 295 g/mol. The van der Waals surface area contributed by atoms with Gasteiger partial charge in [-0.15, -0.1) is 0 Å². The molecule has 0 aromatic heterocycles. The second-order valence-corrected chi connectivity index (χ2v) is 5.89. The smallest absolute Gasteiger partial charge is 0.310 e. The summed E-state index contributed by atoms with van der Waals surface area (Å²) in [4.78, 5) is 13.6. The van der Waals surface area contributed by atoms with E-state index in [2.05, 4.69) is 0 Å². The third-order valence-electron chi connectivity index (χ3n) is 4.72. The van der Waals surface area contributed by atoms with E-state index in [-0.39, 0.29) is 11.8 Å². The summed E-state index contributed by atoms with van der Waals surface area (Å²) in [6.07, 6.45) is 2.03. The molecule has 2 rings (SSSR count). The first-order valence-corrected chi connectivity index (χ1v) is 7.35. The van der Waals surface area contributed by atoms with Crippen molar-refractivity contribution < 1.29 is 19.4 Å². The fourth-order valence-corrected chi connectivity index (χ4v) is 3.17. The molecular formula is C16H22FNO3. The van der Waals surface area contributed by atoms with Crippen LogP contribution in [-0.2, 0) is 4.79 Å². The minimum absolute atomic E-state index is 0.0481. The van der Waals surface area contributed by atoms with Crippen molar-refractivity contribution in [1.29, 1.82) is 0 Å². The molecule has 1 saturated heterocycles. The van der Waals surface area contributed by atoms with Gasteiger partial charge in [0.05, 0.1) is 5.41 Å². The number of carboxylic acids is 1. The quantitative estimate of drug-likeness (QED) is 0.895. The molecule has 0 bridgehead atoms. The second-order valence-electron chi connectivity index (χ2n) is 5.89. The van der Waals surface area contributed by atoms with Crippen LogP contribution >= 0.6 is 0 Å². The summed E-state index contributed by atoms with van der Waals surface area (Å²) in [5, 5.41) is 19.4. The Balaban J connectivity index is 2.25. The molecule has 1 aromatic carbocycles. The molecule has 1 aliphatic rings. The van der Waals surface area contributed by atoms with E-state index in [9.17, 15) is 19.4 Å². The number of likely N-dealkylation sites (tertiary alicyclic amines) is 1. The first kappa shape index (κ1) is 15.8. The highest BCUT2D eigenvalue weighted by atomic mass is 19.1. The van der Waals surface area contributed by atoms with Crippen LogP contribution in [-0.4, -0.2) is 34.2 Å². The van der Waals surface area contributed by atoms with Crippen molar-refractivity contribution in [2.45, 2.75) is 39.2 Å². The Morgan fingerprint density at radius 2 is 2.24 bits per heavy atom. The van der Waals surface area contributed by atoms with Gasteiger partial charge in [-0.05, 0) is 50.9 Å². The highest BCUT2D eigenvalue weighted by molar-refractivity contribution is 5.75. The lowest BCUT2D eigenvalue weighted by Gasteiger charge is -2.42. The number of aromatic hydroxyl groups is 1. The number of benzene rings is 1. The number of aliphatic carboxylic acids is 1. The molecule has 1 heterocycles. The maximum atomic E-state index is 13.4. The van der Waals surface area contributed by atoms with Crippen molar-refractivity contribution in [2.24, 2.45) is 5.41 Å². The second kappa shape index (κ2) is 6.02. The van der Waals surface area contributed by atoms with Gasteiger partial charge in [-0.2, -0.15) is 0 Å². The molecule has 1 aliphatic heterocycles. The summed E-state index contributed by atoms with van der Waals surface area (Å²) < 4.78 is 13.4. The van der Waals surface area contributed by atoms with Gasteiger partial charge in [0, 0.05) is 18.2 Å². The number of piperidine rings is 1. The zero-order valence-electron chi connectivity index (χ0n) is 12.5. The predicted octanol–water partition coefficient (Wildman–Crippen LogP) is 3.17. The Morgan fingerprint density at radius 1 is 1.52 bits per heavy atom. The standard InChI is InChI=1S/C16H22FNO3/c1-3-16(15(20)21)7-4-8-18(10-16)11(2)13-9-12(17)5-6-14(13)19/h5-6,9,11,19H,3-4,7-8,10H2,1-2H3,(H,20,21).